The van der Waals surface area contributed by atoms with E-state index in [0.29, 0.717) is 18.6 Å². The van der Waals surface area contributed by atoms with Crippen LogP contribution in [0.15, 0.2) is 0 Å². The zero-order valence-corrected chi connectivity index (χ0v) is 8.43. The number of carbonyl (C=O) groups is 2. The third-order valence-electron chi connectivity index (χ3n) is 1.46. The van der Waals surface area contributed by atoms with Crippen LogP contribution in [0.25, 0.3) is 0 Å². The Bertz CT molecular complexity index is 102. The van der Waals surface area contributed by atoms with Gasteiger partial charge < -0.3 is 4.79 Å². The molecule has 0 unspecified atom stereocenters. The van der Waals surface area contributed by atoms with Crippen LogP contribution in [0.4, 0.5) is 0 Å². The standard InChI is InChI=1S/2C5H10O/c1-3-5(6)4-2;1-2-3-4-5-6/h3-4H2,1-2H3;5H,2-4H2,1H3. The van der Waals surface area contributed by atoms with Gasteiger partial charge in [0.05, 0.1) is 0 Å². The van der Waals surface area contributed by atoms with Crippen molar-refractivity contribution in [3.8, 4) is 0 Å². The molecule has 0 saturated heterocycles. The summed E-state index contributed by atoms with van der Waals surface area (Å²) in [6, 6.07) is 0. The third-order valence-corrected chi connectivity index (χ3v) is 1.46. The largest absolute Gasteiger partial charge is 0.303 e. The van der Waals surface area contributed by atoms with E-state index in [9.17, 15) is 9.59 Å². The summed E-state index contributed by atoms with van der Waals surface area (Å²) >= 11 is 0. The fourth-order valence-corrected chi connectivity index (χ4v) is 0.537. The number of ketones is 1. The van der Waals surface area contributed by atoms with Gasteiger partial charge in [-0.25, -0.2) is 0 Å². The molecule has 0 spiro atoms. The highest BCUT2D eigenvalue weighted by Gasteiger charge is 1.86. The van der Waals surface area contributed by atoms with Crippen LogP contribution in [0.1, 0.15) is 52.9 Å². The quantitative estimate of drug-likeness (QED) is 0.472. The van der Waals surface area contributed by atoms with Crippen molar-refractivity contribution in [2.75, 3.05) is 0 Å². The summed E-state index contributed by atoms with van der Waals surface area (Å²) in [6.07, 6.45) is 5.25. The summed E-state index contributed by atoms with van der Waals surface area (Å²) in [5.41, 5.74) is 0. The zero-order valence-electron chi connectivity index (χ0n) is 8.43. The van der Waals surface area contributed by atoms with E-state index in [1.54, 1.807) is 0 Å². The maximum atomic E-state index is 10.2. The Morgan fingerprint density at radius 1 is 1.17 bits per heavy atom. The van der Waals surface area contributed by atoms with Crippen LogP contribution in [-0.4, -0.2) is 12.1 Å². The molecule has 0 aliphatic carbocycles. The molecular weight excluding hydrogens is 152 g/mol. The van der Waals surface area contributed by atoms with Gasteiger partial charge >= 0.3 is 0 Å². The lowest BCUT2D eigenvalue weighted by Gasteiger charge is -1.81. The van der Waals surface area contributed by atoms with Crippen molar-refractivity contribution in [1.82, 2.24) is 0 Å². The van der Waals surface area contributed by atoms with Gasteiger partial charge in [-0.05, 0) is 6.42 Å². The average Bonchev–Trinajstić information content (AvgIpc) is 2.14. The number of hydrogen-bond acceptors (Lipinski definition) is 2. The second-order valence-corrected chi connectivity index (χ2v) is 2.55. The fraction of sp³-hybridized carbons (Fsp3) is 0.800. The molecular formula is C10H20O2. The van der Waals surface area contributed by atoms with Gasteiger partial charge in [-0.1, -0.05) is 27.2 Å². The molecule has 0 aromatic heterocycles. The first-order chi connectivity index (χ1) is 5.72. The summed E-state index contributed by atoms with van der Waals surface area (Å²) in [7, 11) is 0. The van der Waals surface area contributed by atoms with Crippen LogP contribution in [0.2, 0.25) is 0 Å². The number of hydrogen-bond donors (Lipinski definition) is 0. The molecule has 0 aromatic rings. The Morgan fingerprint density at radius 3 is 1.75 bits per heavy atom. The molecule has 0 amide bonds. The Kier molecular flexibility index (Phi) is 15.0. The molecule has 0 rings (SSSR count). The van der Waals surface area contributed by atoms with Crippen LogP contribution in [0.5, 0.6) is 0 Å². The Labute approximate surface area is 75.4 Å². The van der Waals surface area contributed by atoms with E-state index < -0.39 is 0 Å². The molecule has 0 radical (unpaired) electrons. The van der Waals surface area contributed by atoms with Crippen molar-refractivity contribution in [1.29, 1.82) is 0 Å². The van der Waals surface area contributed by atoms with Gasteiger partial charge in [0.1, 0.15) is 12.1 Å². The van der Waals surface area contributed by atoms with Gasteiger partial charge in [0.2, 0.25) is 0 Å². The highest BCUT2D eigenvalue weighted by atomic mass is 16.1. The zero-order chi connectivity index (χ0) is 9.82. The molecule has 0 fully saturated rings. The fourth-order valence-electron chi connectivity index (χ4n) is 0.537. The van der Waals surface area contributed by atoms with Crippen molar-refractivity contribution in [2.45, 2.75) is 52.9 Å². The molecule has 0 aliphatic heterocycles. The Balaban J connectivity index is 0. The molecule has 2 nitrogen and oxygen atoms in total. The number of unbranched alkanes of at least 4 members (excludes halogenated alkanes) is 2. The molecule has 12 heavy (non-hydrogen) atoms. The Hall–Kier alpha value is -0.660. The predicted octanol–water partition coefficient (Wildman–Crippen LogP) is 2.75. The van der Waals surface area contributed by atoms with Crippen molar-refractivity contribution in [2.24, 2.45) is 0 Å². The molecule has 0 heterocycles. The van der Waals surface area contributed by atoms with E-state index in [0.717, 1.165) is 25.5 Å². The smallest absolute Gasteiger partial charge is 0.132 e. The van der Waals surface area contributed by atoms with Gasteiger partial charge in [-0.2, -0.15) is 0 Å². The number of Topliss-reactive ketones (excluding diaryl/α,β-unsaturated/α-hetero) is 1. The van der Waals surface area contributed by atoms with Gasteiger partial charge in [0.25, 0.3) is 0 Å². The van der Waals surface area contributed by atoms with E-state index in [4.69, 9.17) is 0 Å². The van der Waals surface area contributed by atoms with E-state index in [2.05, 4.69) is 6.92 Å². The minimum absolute atomic E-state index is 0.343. The van der Waals surface area contributed by atoms with Crippen LogP contribution in [-0.2, 0) is 9.59 Å². The van der Waals surface area contributed by atoms with E-state index >= 15 is 0 Å². The highest BCUT2D eigenvalue weighted by molar-refractivity contribution is 5.77. The summed E-state index contributed by atoms with van der Waals surface area (Å²) in [6.45, 7) is 5.83. The first-order valence-electron chi connectivity index (χ1n) is 4.68. The highest BCUT2D eigenvalue weighted by Crippen LogP contribution is 1.87. The molecule has 0 N–H and O–H groups in total. The molecule has 0 aromatic carbocycles. The van der Waals surface area contributed by atoms with E-state index in [1.807, 2.05) is 13.8 Å². The van der Waals surface area contributed by atoms with Gasteiger partial charge in [0, 0.05) is 19.3 Å². The molecule has 0 bridgehead atoms. The normalized spacial score (nSPS) is 8.25. The second-order valence-electron chi connectivity index (χ2n) is 2.55. The van der Waals surface area contributed by atoms with Crippen LogP contribution in [0.3, 0.4) is 0 Å². The van der Waals surface area contributed by atoms with Crippen LogP contribution < -0.4 is 0 Å². The van der Waals surface area contributed by atoms with Crippen molar-refractivity contribution in [3.63, 3.8) is 0 Å². The average molecular weight is 172 g/mol. The minimum atomic E-state index is 0.343. The third kappa shape index (κ3) is 16.2. The van der Waals surface area contributed by atoms with E-state index in [-0.39, 0.29) is 0 Å². The predicted molar refractivity (Wildman–Crippen MR) is 51.2 cm³/mol. The molecule has 72 valence electrons. The molecule has 0 saturated carbocycles. The molecule has 0 atom stereocenters. The second kappa shape index (κ2) is 13.0. The lowest BCUT2D eigenvalue weighted by atomic mass is 10.3. The topological polar surface area (TPSA) is 34.1 Å². The maximum absolute atomic E-state index is 10.2. The first kappa shape index (κ1) is 13.9. The minimum Gasteiger partial charge on any atom is -0.303 e. The van der Waals surface area contributed by atoms with E-state index in [1.165, 1.54) is 0 Å². The van der Waals surface area contributed by atoms with Crippen LogP contribution in [0, 0.1) is 0 Å². The van der Waals surface area contributed by atoms with Crippen molar-refractivity contribution >= 4 is 12.1 Å². The lowest BCUT2D eigenvalue weighted by molar-refractivity contribution is -0.118. The molecule has 0 aliphatic rings. The lowest BCUT2D eigenvalue weighted by Crippen LogP contribution is -1.88. The van der Waals surface area contributed by atoms with Crippen molar-refractivity contribution < 1.29 is 9.59 Å². The van der Waals surface area contributed by atoms with Crippen molar-refractivity contribution in [3.05, 3.63) is 0 Å². The first-order valence-corrected chi connectivity index (χ1v) is 4.68. The number of carbonyl (C=O) groups excluding carboxylic acids is 2. The van der Waals surface area contributed by atoms with Gasteiger partial charge in [-0.15, -0.1) is 0 Å². The monoisotopic (exact) mass is 172 g/mol. The maximum Gasteiger partial charge on any atom is 0.132 e. The summed E-state index contributed by atoms with van der Waals surface area (Å²) in [5.74, 6) is 0.343. The summed E-state index contributed by atoms with van der Waals surface area (Å²) in [4.78, 5) is 19.7. The summed E-state index contributed by atoms with van der Waals surface area (Å²) in [5, 5.41) is 0. The SMILES string of the molecule is CCC(=O)CC.CCCCC=O. The molecule has 2 heteroatoms. The van der Waals surface area contributed by atoms with Gasteiger partial charge in [0.15, 0.2) is 0 Å². The van der Waals surface area contributed by atoms with Gasteiger partial charge in [-0.3, -0.25) is 4.79 Å². The summed E-state index contributed by atoms with van der Waals surface area (Å²) < 4.78 is 0. The number of rotatable bonds is 5. The number of aldehydes is 1. The Morgan fingerprint density at radius 2 is 1.67 bits per heavy atom. The van der Waals surface area contributed by atoms with Crippen LogP contribution >= 0.6 is 0 Å².